The first-order chi connectivity index (χ1) is 6.89. The van der Waals surface area contributed by atoms with Gasteiger partial charge in [0.05, 0.1) is 0 Å². The predicted octanol–water partition coefficient (Wildman–Crippen LogP) is 3.06. The van der Waals surface area contributed by atoms with E-state index in [9.17, 15) is 0 Å². The van der Waals surface area contributed by atoms with Crippen LogP contribution in [-0.2, 0) is 12.5 Å². The second kappa shape index (κ2) is 3.02. The molecule has 0 aliphatic rings. The molecule has 0 aliphatic carbocycles. The van der Waals surface area contributed by atoms with Crippen molar-refractivity contribution in [3.63, 3.8) is 0 Å². The van der Waals surface area contributed by atoms with E-state index in [1.807, 2.05) is 12.1 Å². The van der Waals surface area contributed by atoms with Gasteiger partial charge in [-0.25, -0.2) is 0 Å². The summed E-state index contributed by atoms with van der Waals surface area (Å²) >= 11 is 0. The van der Waals surface area contributed by atoms with Crippen molar-refractivity contribution in [2.45, 2.75) is 26.2 Å². The van der Waals surface area contributed by atoms with Crippen LogP contribution in [0.4, 0.5) is 5.69 Å². The normalized spacial score (nSPS) is 12.3. The third-order valence-corrected chi connectivity index (χ3v) is 2.83. The smallest absolute Gasteiger partial charge is 0.0481 e. The number of anilines is 1. The zero-order chi connectivity index (χ0) is 11.2. The van der Waals surface area contributed by atoms with Gasteiger partial charge >= 0.3 is 0 Å². The van der Waals surface area contributed by atoms with Crippen LogP contribution in [0, 0.1) is 0 Å². The number of benzene rings is 1. The molecule has 80 valence electrons. The van der Waals surface area contributed by atoms with Crippen LogP contribution >= 0.6 is 0 Å². The largest absolute Gasteiger partial charge is 0.399 e. The minimum absolute atomic E-state index is 0.169. The number of nitrogens with zero attached hydrogens (tertiary/aromatic N) is 1. The molecule has 0 aliphatic heterocycles. The zero-order valence-electron chi connectivity index (χ0n) is 9.83. The second-order valence-electron chi connectivity index (χ2n) is 5.16. The van der Waals surface area contributed by atoms with Gasteiger partial charge in [-0.3, -0.25) is 0 Å². The molecule has 0 fully saturated rings. The van der Waals surface area contributed by atoms with Crippen LogP contribution in [0.1, 0.15) is 26.5 Å². The first kappa shape index (κ1) is 10.1. The molecule has 1 aromatic heterocycles. The third-order valence-electron chi connectivity index (χ3n) is 2.83. The van der Waals surface area contributed by atoms with E-state index in [-0.39, 0.29) is 5.41 Å². The highest BCUT2D eigenvalue weighted by atomic mass is 15.0. The SMILES string of the molecule is Cn1c(C(C)(C)C)cc2cc(N)ccc21. The molecule has 2 rings (SSSR count). The monoisotopic (exact) mass is 202 g/mol. The van der Waals surface area contributed by atoms with E-state index in [4.69, 9.17) is 5.73 Å². The van der Waals surface area contributed by atoms with Crippen LogP contribution in [-0.4, -0.2) is 4.57 Å². The molecule has 0 unspecified atom stereocenters. The van der Waals surface area contributed by atoms with Gasteiger partial charge in [-0.05, 0) is 24.3 Å². The van der Waals surface area contributed by atoms with Gasteiger partial charge in [0.1, 0.15) is 0 Å². The Kier molecular flexibility index (Phi) is 2.03. The summed E-state index contributed by atoms with van der Waals surface area (Å²) < 4.78 is 2.24. The predicted molar refractivity (Wildman–Crippen MR) is 66.0 cm³/mol. The van der Waals surface area contributed by atoms with Crippen molar-refractivity contribution >= 4 is 16.6 Å². The van der Waals surface area contributed by atoms with Gasteiger partial charge in [-0.1, -0.05) is 20.8 Å². The number of hydrogen-bond acceptors (Lipinski definition) is 1. The Balaban J connectivity index is 2.75. The van der Waals surface area contributed by atoms with E-state index in [1.54, 1.807) is 0 Å². The quantitative estimate of drug-likeness (QED) is 0.654. The number of aryl methyl sites for hydroxylation is 1. The zero-order valence-corrected chi connectivity index (χ0v) is 9.83. The molecule has 0 bridgehead atoms. The number of nitrogen functional groups attached to an aromatic ring is 1. The minimum Gasteiger partial charge on any atom is -0.399 e. The Bertz CT molecular complexity index is 501. The summed E-state index contributed by atoms with van der Waals surface area (Å²) in [6, 6.07) is 8.30. The lowest BCUT2D eigenvalue weighted by Crippen LogP contribution is -2.15. The lowest BCUT2D eigenvalue weighted by molar-refractivity contribution is 0.547. The van der Waals surface area contributed by atoms with E-state index in [1.165, 1.54) is 16.6 Å². The fourth-order valence-electron chi connectivity index (χ4n) is 2.09. The maximum atomic E-state index is 5.78. The Morgan fingerprint density at radius 3 is 2.40 bits per heavy atom. The highest BCUT2D eigenvalue weighted by Gasteiger charge is 2.18. The Morgan fingerprint density at radius 2 is 1.80 bits per heavy atom. The molecule has 15 heavy (non-hydrogen) atoms. The summed E-state index contributed by atoms with van der Waals surface area (Å²) in [4.78, 5) is 0. The highest BCUT2D eigenvalue weighted by Crippen LogP contribution is 2.29. The van der Waals surface area contributed by atoms with Crippen LogP contribution < -0.4 is 5.73 Å². The number of rotatable bonds is 0. The molecule has 2 heteroatoms. The minimum atomic E-state index is 0.169. The molecular formula is C13H18N2. The summed E-state index contributed by atoms with van der Waals surface area (Å²) in [5.41, 5.74) is 9.36. The molecular weight excluding hydrogens is 184 g/mol. The molecule has 0 atom stereocenters. The van der Waals surface area contributed by atoms with Crippen LogP contribution in [0.2, 0.25) is 0 Å². The number of fused-ring (bicyclic) bond motifs is 1. The Labute approximate surface area is 90.7 Å². The fraction of sp³-hybridized carbons (Fsp3) is 0.385. The Hall–Kier alpha value is -1.44. The molecule has 2 nitrogen and oxygen atoms in total. The molecule has 0 spiro atoms. The summed E-state index contributed by atoms with van der Waals surface area (Å²) in [5.74, 6) is 0. The molecule has 2 aromatic rings. The number of aromatic nitrogens is 1. The summed E-state index contributed by atoms with van der Waals surface area (Å²) in [6.45, 7) is 6.68. The van der Waals surface area contributed by atoms with Gasteiger partial charge < -0.3 is 10.3 Å². The lowest BCUT2D eigenvalue weighted by atomic mass is 9.92. The summed E-state index contributed by atoms with van der Waals surface area (Å²) in [6.07, 6.45) is 0. The lowest BCUT2D eigenvalue weighted by Gasteiger charge is -2.19. The van der Waals surface area contributed by atoms with Crippen molar-refractivity contribution in [3.8, 4) is 0 Å². The van der Waals surface area contributed by atoms with Gasteiger partial charge in [0.15, 0.2) is 0 Å². The maximum Gasteiger partial charge on any atom is 0.0481 e. The Morgan fingerprint density at radius 1 is 1.13 bits per heavy atom. The van der Waals surface area contributed by atoms with Gasteiger partial charge in [0.2, 0.25) is 0 Å². The van der Waals surface area contributed by atoms with Crippen LogP contribution in [0.25, 0.3) is 10.9 Å². The van der Waals surface area contributed by atoms with Crippen molar-refractivity contribution in [2.75, 3.05) is 5.73 Å². The second-order valence-corrected chi connectivity index (χ2v) is 5.16. The molecule has 0 saturated carbocycles. The van der Waals surface area contributed by atoms with E-state index in [2.05, 4.69) is 44.5 Å². The van der Waals surface area contributed by atoms with Crippen molar-refractivity contribution in [1.29, 1.82) is 0 Å². The van der Waals surface area contributed by atoms with Gasteiger partial charge in [-0.15, -0.1) is 0 Å². The fourth-order valence-corrected chi connectivity index (χ4v) is 2.09. The van der Waals surface area contributed by atoms with Crippen LogP contribution in [0.15, 0.2) is 24.3 Å². The topological polar surface area (TPSA) is 30.9 Å². The molecule has 0 radical (unpaired) electrons. The standard InChI is InChI=1S/C13H18N2/c1-13(2,3)12-8-9-7-10(14)5-6-11(9)15(12)4/h5-8H,14H2,1-4H3. The molecule has 1 heterocycles. The van der Waals surface area contributed by atoms with E-state index in [0.29, 0.717) is 0 Å². The third kappa shape index (κ3) is 1.60. The average Bonchev–Trinajstić information content (AvgIpc) is 2.42. The summed E-state index contributed by atoms with van der Waals surface area (Å²) in [7, 11) is 2.11. The van der Waals surface area contributed by atoms with Crippen LogP contribution in [0.3, 0.4) is 0 Å². The van der Waals surface area contributed by atoms with Gasteiger partial charge in [0.25, 0.3) is 0 Å². The van der Waals surface area contributed by atoms with Crippen molar-refractivity contribution in [3.05, 3.63) is 30.0 Å². The van der Waals surface area contributed by atoms with Gasteiger partial charge in [0, 0.05) is 34.7 Å². The first-order valence-electron chi connectivity index (χ1n) is 5.25. The van der Waals surface area contributed by atoms with Crippen molar-refractivity contribution < 1.29 is 0 Å². The van der Waals surface area contributed by atoms with E-state index < -0.39 is 0 Å². The molecule has 1 aromatic carbocycles. The van der Waals surface area contributed by atoms with Crippen molar-refractivity contribution in [1.82, 2.24) is 4.57 Å². The average molecular weight is 202 g/mol. The molecule has 0 amide bonds. The number of nitrogens with two attached hydrogens (primary N) is 1. The number of hydrogen-bond donors (Lipinski definition) is 1. The highest BCUT2D eigenvalue weighted by molar-refractivity contribution is 5.84. The molecule has 2 N–H and O–H groups in total. The maximum absolute atomic E-state index is 5.78. The molecule has 0 saturated heterocycles. The van der Waals surface area contributed by atoms with Gasteiger partial charge in [-0.2, -0.15) is 0 Å². The van der Waals surface area contributed by atoms with Crippen molar-refractivity contribution in [2.24, 2.45) is 7.05 Å². The van der Waals surface area contributed by atoms with Crippen LogP contribution in [0.5, 0.6) is 0 Å². The van der Waals surface area contributed by atoms with E-state index in [0.717, 1.165) is 5.69 Å². The summed E-state index contributed by atoms with van der Waals surface area (Å²) in [5, 5.41) is 1.22. The first-order valence-corrected chi connectivity index (χ1v) is 5.25. The van der Waals surface area contributed by atoms with E-state index >= 15 is 0 Å².